The molecular formula is C141H207N3O6. The van der Waals surface area contributed by atoms with Gasteiger partial charge in [-0.1, -0.05) is 463 Å². The number of carbonyl (C=O) groups is 3. The molecule has 0 atom stereocenters. The first kappa shape index (κ1) is 123. The van der Waals surface area contributed by atoms with Crippen LogP contribution in [0, 0.1) is 53.3 Å². The first-order valence-electron chi connectivity index (χ1n) is 58.8. The zero-order chi connectivity index (χ0) is 110. The van der Waals surface area contributed by atoms with Crippen LogP contribution < -0.4 is 0 Å². The van der Waals surface area contributed by atoms with Gasteiger partial charge in [0.2, 0.25) is 17.7 Å². The highest BCUT2D eigenvalue weighted by Gasteiger charge is 2.31. The van der Waals surface area contributed by atoms with Crippen molar-refractivity contribution in [2.75, 3.05) is 78.9 Å². The van der Waals surface area contributed by atoms with Crippen molar-refractivity contribution in [2.24, 2.45) is 53.3 Å². The summed E-state index contributed by atoms with van der Waals surface area (Å²) in [6.07, 6.45) is 30.7. The zero-order valence-electron chi connectivity index (χ0n) is 100. The topological polar surface area (TPSA) is 88.6 Å². The molecule has 3 aliphatic carbocycles. The molecule has 0 radical (unpaired) electrons. The molecule has 0 bridgehead atoms. The number of carbonyl (C=O) groups excluding carboxylic acids is 3. The van der Waals surface area contributed by atoms with E-state index in [1.807, 2.05) is 14.7 Å². The summed E-state index contributed by atoms with van der Waals surface area (Å²) in [5.74, 6) is 8.00. The van der Waals surface area contributed by atoms with Crippen LogP contribution in [-0.4, -0.2) is 111 Å². The molecule has 9 aromatic rings. The van der Waals surface area contributed by atoms with Gasteiger partial charge in [-0.25, -0.2) is 0 Å². The molecule has 0 unspecified atom stereocenters. The summed E-state index contributed by atoms with van der Waals surface area (Å²) in [7, 11) is 0. The number of piperidine rings is 3. The van der Waals surface area contributed by atoms with Crippen LogP contribution in [0.4, 0.5) is 0 Å². The molecule has 9 aliphatic rings. The van der Waals surface area contributed by atoms with Crippen molar-refractivity contribution in [3.8, 4) is 0 Å². The smallest absolute Gasteiger partial charge is 0.219 e. The molecule has 0 aromatic heterocycles. The monoisotopic (exact) mass is 2040 g/mol. The lowest BCUT2D eigenvalue weighted by molar-refractivity contribution is -0.131. The largest absolute Gasteiger partial charge is 0.381 e. The van der Waals surface area contributed by atoms with Gasteiger partial charge in [0.05, 0.1) is 39.6 Å². The van der Waals surface area contributed by atoms with Crippen LogP contribution in [0.5, 0.6) is 0 Å². The van der Waals surface area contributed by atoms with Gasteiger partial charge in [0.15, 0.2) is 0 Å². The maximum Gasteiger partial charge on any atom is 0.219 e. The van der Waals surface area contributed by atoms with E-state index in [2.05, 4.69) is 405 Å². The molecule has 9 nitrogen and oxygen atoms in total. The first-order valence-corrected chi connectivity index (χ1v) is 58.8. The maximum absolute atomic E-state index is 11.3. The van der Waals surface area contributed by atoms with Crippen LogP contribution in [0.25, 0.3) is 0 Å². The predicted octanol–water partition coefficient (Wildman–Crippen LogP) is 33.9. The number of ether oxygens (including phenoxy) is 3. The normalized spacial score (nSPS) is 17.4. The van der Waals surface area contributed by atoms with Crippen molar-refractivity contribution in [1.29, 1.82) is 0 Å². The second-order valence-electron chi connectivity index (χ2n) is 55.8. The summed E-state index contributed by atoms with van der Waals surface area (Å²) in [5, 5.41) is 0. The molecule has 18 rings (SSSR count). The van der Waals surface area contributed by atoms with Crippen LogP contribution in [0.2, 0.25) is 0 Å². The summed E-state index contributed by atoms with van der Waals surface area (Å²) < 4.78 is 15.6. The fraction of sp³-hybridized carbons (Fsp3) is 0.596. The third kappa shape index (κ3) is 42.9. The second kappa shape index (κ2) is 56.6. The van der Waals surface area contributed by atoms with E-state index in [0.717, 1.165) is 190 Å². The lowest BCUT2D eigenvalue weighted by atomic mass is 9.79. The van der Waals surface area contributed by atoms with Crippen molar-refractivity contribution < 1.29 is 28.6 Å². The molecule has 3 saturated carbocycles. The van der Waals surface area contributed by atoms with Gasteiger partial charge in [0, 0.05) is 77.8 Å². The highest BCUT2D eigenvalue weighted by molar-refractivity contribution is 5.74. The number of hydrogen-bond acceptors (Lipinski definition) is 6. The van der Waals surface area contributed by atoms with E-state index >= 15 is 0 Å². The van der Waals surface area contributed by atoms with Gasteiger partial charge in [-0.05, 0) is 281 Å². The molecule has 3 amide bonds. The number of amides is 3. The van der Waals surface area contributed by atoms with Gasteiger partial charge < -0.3 is 28.9 Å². The Bertz CT molecular complexity index is 4790. The van der Waals surface area contributed by atoms with Gasteiger partial charge in [0.25, 0.3) is 0 Å². The van der Waals surface area contributed by atoms with Gasteiger partial charge in [-0.3, -0.25) is 14.4 Å². The Morgan fingerprint density at radius 1 is 0.193 bits per heavy atom. The molecule has 6 heterocycles. The molecule has 150 heavy (non-hydrogen) atoms. The molecule has 6 saturated heterocycles. The Morgan fingerprint density at radius 3 is 0.407 bits per heavy atom. The minimum Gasteiger partial charge on any atom is -0.381 e. The van der Waals surface area contributed by atoms with Crippen molar-refractivity contribution in [2.45, 2.75) is 411 Å². The summed E-state index contributed by atoms with van der Waals surface area (Å²) in [5.41, 5.74) is 28.5. The van der Waals surface area contributed by atoms with Crippen LogP contribution in [0.1, 0.15) is 404 Å². The summed E-state index contributed by atoms with van der Waals surface area (Å²) in [6, 6.07) is 81.4. The van der Waals surface area contributed by atoms with Crippen molar-refractivity contribution in [1.82, 2.24) is 14.7 Å². The van der Waals surface area contributed by atoms with E-state index < -0.39 is 0 Å². The number of hydrogen-bond donors (Lipinski definition) is 0. The highest BCUT2D eigenvalue weighted by atomic mass is 16.5. The van der Waals surface area contributed by atoms with Crippen molar-refractivity contribution in [3.63, 3.8) is 0 Å². The molecular weight excluding hydrogens is 1830 g/mol. The Kier molecular flexibility index (Phi) is 46.4. The lowest BCUT2D eigenvalue weighted by Crippen LogP contribution is -2.37. The first-order chi connectivity index (χ1) is 70.4. The molecule has 6 aliphatic heterocycles. The number of nitrogens with zero attached hydrogens (tertiary/aromatic N) is 3. The zero-order valence-corrected chi connectivity index (χ0v) is 100. The van der Waals surface area contributed by atoms with Gasteiger partial charge in [-0.15, -0.1) is 0 Å². The Labute approximate surface area is 916 Å². The average molecular weight is 2040 g/mol. The summed E-state index contributed by atoms with van der Waals surface area (Å²) in [4.78, 5) is 40.0. The average Bonchev–Trinajstić information content (AvgIpc) is 0.865. The Hall–Kier alpha value is -8.73. The molecule has 0 N–H and O–H groups in total. The maximum atomic E-state index is 11.3. The summed E-state index contributed by atoms with van der Waals surface area (Å²) in [6.45, 7) is 77.6. The van der Waals surface area contributed by atoms with E-state index in [9.17, 15) is 14.4 Å². The number of likely N-dealkylation sites (tertiary alicyclic amines) is 3. The van der Waals surface area contributed by atoms with Crippen LogP contribution in [-0.2, 0) is 135 Å². The number of benzene rings is 9. The SMILES string of the molecule is CC(=O)N1CCC(Cc2cccc(C(C)(C)C)c2)CC1.CC(=O)N1CCC(Cc2cccc(C(C)(C)C)c2)CC1.CC(=O)N1CCC(Cc2cccc(C(C)(C)C)c2)CC1.CC(C)(C)c1cccc(CC2CCC2)c1.CC(C)(C)c1cccc(CC2CCC2)c1.CC(C)(C)c1cccc(CC2CCC2)c1.CC(C)(C)c1cccc(CC2COC2)c1.CC(C)(C)c1cccc(CC2COC2)c1.CC(C)(C)c1cccc(CC2COC2)c1. The van der Waals surface area contributed by atoms with E-state index in [1.54, 1.807) is 20.8 Å². The van der Waals surface area contributed by atoms with Crippen molar-refractivity contribution >= 4 is 17.7 Å². The molecule has 9 fully saturated rings. The predicted molar refractivity (Wildman–Crippen MR) is 639 cm³/mol. The fourth-order valence-electron chi connectivity index (χ4n) is 21.1. The van der Waals surface area contributed by atoms with Crippen LogP contribution in [0.15, 0.2) is 218 Å². The van der Waals surface area contributed by atoms with Gasteiger partial charge in [0.1, 0.15) is 0 Å². The third-order valence-electron chi connectivity index (χ3n) is 32.8. The highest BCUT2D eigenvalue weighted by Crippen LogP contribution is 2.39. The van der Waals surface area contributed by atoms with Crippen LogP contribution in [0.3, 0.4) is 0 Å². The van der Waals surface area contributed by atoms with Crippen LogP contribution >= 0.6 is 0 Å². The van der Waals surface area contributed by atoms with Gasteiger partial charge in [-0.2, -0.15) is 0 Å². The Morgan fingerprint density at radius 2 is 0.313 bits per heavy atom. The molecule has 9 aromatic carbocycles. The molecule has 9 heteroatoms. The summed E-state index contributed by atoms with van der Waals surface area (Å²) >= 11 is 0. The number of rotatable bonds is 18. The minimum atomic E-state index is 0.216. The minimum absolute atomic E-state index is 0.216. The lowest BCUT2D eigenvalue weighted by Gasteiger charge is -2.31. The quantitative estimate of drug-likeness (QED) is 0.0850. The molecule has 822 valence electrons. The van der Waals surface area contributed by atoms with E-state index in [-0.39, 0.29) is 66.5 Å². The van der Waals surface area contributed by atoms with E-state index in [1.165, 1.54) is 196 Å². The Balaban J connectivity index is 0.000000173. The third-order valence-corrected chi connectivity index (χ3v) is 32.8. The fourth-order valence-corrected chi connectivity index (χ4v) is 21.1. The second-order valence-corrected chi connectivity index (χ2v) is 55.8. The van der Waals surface area contributed by atoms with E-state index in [4.69, 9.17) is 14.2 Å². The van der Waals surface area contributed by atoms with E-state index in [0.29, 0.717) is 0 Å². The standard InChI is InChI=1S/3C18H27NO.3C15H22.3C14H20O/c3*1-14(20)19-10-8-15(9-11-19)12-16-6-5-7-17(13-16)18(2,3)4;3*1-15(2,3)14-9-5-8-13(11-14)10-12-6-4-7-12;3*1-14(2,3)13-6-4-5-11(8-13)7-12-9-15-10-12/h3*5-7,13,15H,8-12H2,1-4H3;3*5,8-9,11-12H,4,6-7,10H2,1-3H3;3*4-6,8,12H,7,9-10H2,1-3H3. The molecule has 0 spiro atoms. The van der Waals surface area contributed by atoms with Crippen molar-refractivity contribution in [3.05, 3.63) is 319 Å². The van der Waals surface area contributed by atoms with Gasteiger partial charge >= 0.3 is 0 Å².